The maximum Gasteiger partial charge on any atom is 0.0346 e. The van der Waals surface area contributed by atoms with Crippen molar-refractivity contribution in [3.63, 3.8) is 0 Å². The lowest BCUT2D eigenvalue weighted by Crippen LogP contribution is -2.09. The van der Waals surface area contributed by atoms with Gasteiger partial charge in [-0.3, -0.25) is 0 Å². The molecule has 0 fully saturated rings. The minimum atomic E-state index is -0.0979. The summed E-state index contributed by atoms with van der Waals surface area (Å²) in [5, 5.41) is 0. The van der Waals surface area contributed by atoms with Crippen LogP contribution >= 0.6 is 0 Å². The zero-order valence-corrected chi connectivity index (χ0v) is 23.4. The van der Waals surface area contributed by atoms with E-state index in [0.29, 0.717) is 0 Å². The number of rotatable bonds is 6. The zero-order valence-electron chi connectivity index (χ0n) is 23.4. The second-order valence-electron chi connectivity index (χ2n) is 11.1. The Hall–Kier alpha value is -4.38. The van der Waals surface area contributed by atoms with Gasteiger partial charge in [-0.2, -0.15) is 0 Å². The summed E-state index contributed by atoms with van der Waals surface area (Å²) < 4.78 is 0. The first-order valence-corrected chi connectivity index (χ1v) is 13.8. The Labute approximate surface area is 234 Å². The number of hydrogen-bond donors (Lipinski definition) is 0. The van der Waals surface area contributed by atoms with Crippen LogP contribution in [0.4, 0.5) is 0 Å². The summed E-state index contributed by atoms with van der Waals surface area (Å²) in [6.45, 7) is 9.07. The number of benzene rings is 5. The van der Waals surface area contributed by atoms with Crippen molar-refractivity contribution in [1.29, 1.82) is 0 Å². The molecule has 0 atom stereocenters. The molecule has 0 heteroatoms. The molecule has 0 unspecified atom stereocenters. The largest absolute Gasteiger partial charge is 0.112 e. The molecule has 0 saturated carbocycles. The Morgan fingerprint density at radius 1 is 0.538 bits per heavy atom. The predicted molar refractivity (Wildman–Crippen MR) is 168 cm³/mol. The van der Waals surface area contributed by atoms with Crippen LogP contribution in [0, 0.1) is 5.41 Å². The van der Waals surface area contributed by atoms with E-state index >= 15 is 0 Å². The second kappa shape index (κ2) is 11.6. The van der Waals surface area contributed by atoms with E-state index in [9.17, 15) is 0 Å². The Morgan fingerprint density at radius 3 is 1.56 bits per heavy atom. The van der Waals surface area contributed by atoms with E-state index < -0.39 is 0 Å². The van der Waals surface area contributed by atoms with E-state index in [1.165, 1.54) is 44.5 Å². The highest BCUT2D eigenvalue weighted by atomic mass is 14.3. The van der Waals surface area contributed by atoms with Gasteiger partial charge in [0, 0.05) is 11.5 Å². The highest BCUT2D eigenvalue weighted by Gasteiger charge is 2.23. The van der Waals surface area contributed by atoms with Crippen molar-refractivity contribution in [3.05, 3.63) is 173 Å². The molecule has 0 saturated heterocycles. The van der Waals surface area contributed by atoms with Gasteiger partial charge in [0.25, 0.3) is 0 Å². The number of hydrogen-bond acceptors (Lipinski definition) is 0. The van der Waals surface area contributed by atoms with Crippen molar-refractivity contribution >= 4 is 11.1 Å². The molecule has 5 aromatic rings. The van der Waals surface area contributed by atoms with Crippen molar-refractivity contribution in [3.8, 4) is 11.1 Å². The second-order valence-corrected chi connectivity index (χ2v) is 11.1. The van der Waals surface area contributed by atoms with Crippen LogP contribution in [0.25, 0.3) is 22.3 Å². The SMILES string of the molecule is CC(=C=C(c1ccccc1-c1ccccc1)C(C)(C)C)c1ccccc1C(c1ccccc1)c1ccccc1. The zero-order chi connectivity index (χ0) is 27.2. The fourth-order valence-electron chi connectivity index (χ4n) is 5.42. The van der Waals surface area contributed by atoms with Gasteiger partial charge in [-0.15, -0.1) is 5.73 Å². The molecular formula is C39H36. The normalized spacial score (nSPS) is 11.2. The van der Waals surface area contributed by atoms with Crippen LogP contribution in [0.1, 0.15) is 61.4 Å². The lowest BCUT2D eigenvalue weighted by Gasteiger charge is -2.25. The molecule has 192 valence electrons. The molecule has 0 aliphatic heterocycles. The monoisotopic (exact) mass is 504 g/mol. The van der Waals surface area contributed by atoms with E-state index in [4.69, 9.17) is 0 Å². The quantitative estimate of drug-likeness (QED) is 0.159. The molecule has 0 radical (unpaired) electrons. The Kier molecular flexibility index (Phi) is 7.78. The highest BCUT2D eigenvalue weighted by Crippen LogP contribution is 2.40. The molecule has 0 nitrogen and oxygen atoms in total. The topological polar surface area (TPSA) is 0 Å². The summed E-state index contributed by atoms with van der Waals surface area (Å²) in [4.78, 5) is 0. The van der Waals surface area contributed by atoms with Crippen molar-refractivity contribution in [2.24, 2.45) is 5.41 Å². The summed E-state index contributed by atoms with van der Waals surface area (Å²) in [7, 11) is 0. The fraction of sp³-hybridized carbons (Fsp3) is 0.154. The minimum Gasteiger partial charge on any atom is -0.112 e. The first-order valence-electron chi connectivity index (χ1n) is 13.8. The van der Waals surface area contributed by atoms with Gasteiger partial charge in [-0.05, 0) is 56.9 Å². The van der Waals surface area contributed by atoms with Crippen LogP contribution in [0.2, 0.25) is 0 Å². The van der Waals surface area contributed by atoms with Crippen molar-refractivity contribution < 1.29 is 0 Å². The van der Waals surface area contributed by atoms with Gasteiger partial charge in [0.15, 0.2) is 0 Å². The lowest BCUT2D eigenvalue weighted by molar-refractivity contribution is 0.567. The summed E-state index contributed by atoms with van der Waals surface area (Å²) in [6, 6.07) is 49.9. The third-order valence-corrected chi connectivity index (χ3v) is 7.29. The van der Waals surface area contributed by atoms with E-state index in [0.717, 1.165) is 5.57 Å². The van der Waals surface area contributed by atoms with Gasteiger partial charge < -0.3 is 0 Å². The highest BCUT2D eigenvalue weighted by molar-refractivity contribution is 5.86. The smallest absolute Gasteiger partial charge is 0.0346 e. The molecule has 0 amide bonds. The van der Waals surface area contributed by atoms with Gasteiger partial charge in [0.1, 0.15) is 0 Å². The summed E-state index contributed by atoms with van der Waals surface area (Å²) >= 11 is 0. The van der Waals surface area contributed by atoms with Crippen molar-refractivity contribution in [1.82, 2.24) is 0 Å². The van der Waals surface area contributed by atoms with Gasteiger partial charge in [0.05, 0.1) is 0 Å². The minimum absolute atomic E-state index is 0.0979. The average Bonchev–Trinajstić information content (AvgIpc) is 2.97. The lowest BCUT2D eigenvalue weighted by atomic mass is 9.78. The van der Waals surface area contributed by atoms with Gasteiger partial charge in [-0.25, -0.2) is 0 Å². The summed E-state index contributed by atoms with van der Waals surface area (Å²) in [5.74, 6) is 0.134. The molecule has 0 spiro atoms. The molecule has 0 bridgehead atoms. The van der Waals surface area contributed by atoms with Crippen LogP contribution in [-0.2, 0) is 0 Å². The third-order valence-electron chi connectivity index (χ3n) is 7.29. The van der Waals surface area contributed by atoms with E-state index in [-0.39, 0.29) is 11.3 Å². The third kappa shape index (κ3) is 5.88. The molecule has 39 heavy (non-hydrogen) atoms. The summed E-state index contributed by atoms with van der Waals surface area (Å²) in [5.41, 5.74) is 15.0. The maximum atomic E-state index is 3.93. The molecule has 0 aliphatic carbocycles. The van der Waals surface area contributed by atoms with Crippen LogP contribution in [0.5, 0.6) is 0 Å². The molecule has 0 N–H and O–H groups in total. The van der Waals surface area contributed by atoms with E-state index in [2.05, 4.69) is 173 Å². The molecule has 0 aliphatic rings. The van der Waals surface area contributed by atoms with Gasteiger partial charge >= 0.3 is 0 Å². The number of allylic oxidation sites excluding steroid dienone is 1. The first-order chi connectivity index (χ1) is 18.9. The average molecular weight is 505 g/mol. The first kappa shape index (κ1) is 26.2. The molecule has 0 heterocycles. The predicted octanol–water partition coefficient (Wildman–Crippen LogP) is 10.7. The maximum absolute atomic E-state index is 3.93. The fourth-order valence-corrected chi connectivity index (χ4v) is 5.42. The van der Waals surface area contributed by atoms with Gasteiger partial charge in [-0.1, -0.05) is 160 Å². The van der Waals surface area contributed by atoms with Crippen LogP contribution in [0.15, 0.2) is 145 Å². The molecule has 5 rings (SSSR count). The summed E-state index contributed by atoms with van der Waals surface area (Å²) in [6.07, 6.45) is 0. The van der Waals surface area contributed by atoms with Crippen molar-refractivity contribution in [2.45, 2.75) is 33.6 Å². The molecule has 5 aromatic carbocycles. The van der Waals surface area contributed by atoms with Crippen LogP contribution < -0.4 is 0 Å². The Morgan fingerprint density at radius 2 is 1.00 bits per heavy atom. The Balaban J connectivity index is 1.74. The van der Waals surface area contributed by atoms with Crippen molar-refractivity contribution in [2.75, 3.05) is 0 Å². The van der Waals surface area contributed by atoms with E-state index in [1.54, 1.807) is 0 Å². The van der Waals surface area contributed by atoms with Gasteiger partial charge in [0.2, 0.25) is 0 Å². The van der Waals surface area contributed by atoms with E-state index in [1.807, 2.05) is 0 Å². The standard InChI is InChI=1S/C39H36/c1-29(28-37(39(2,3)4)35-26-16-15-25-34(35)30-18-8-5-9-19-30)33-24-14-17-27-36(33)38(31-20-10-6-11-21-31)32-22-12-7-13-23-32/h5-27,38H,1-4H3. The molecule has 0 aromatic heterocycles. The van der Waals surface area contributed by atoms with Crippen LogP contribution in [-0.4, -0.2) is 0 Å². The van der Waals surface area contributed by atoms with Crippen LogP contribution in [0.3, 0.4) is 0 Å². The Bertz CT molecular complexity index is 1550. The molecular weight excluding hydrogens is 468 g/mol.